The molecule has 0 unspecified atom stereocenters. The number of benzene rings is 1. The van der Waals surface area contributed by atoms with E-state index in [4.69, 9.17) is 10.5 Å². The molecule has 0 amide bonds. The average Bonchev–Trinajstić information content (AvgIpc) is 2.33. The predicted molar refractivity (Wildman–Crippen MR) is 65.9 cm³/mol. The third kappa shape index (κ3) is 2.79. The van der Waals surface area contributed by atoms with E-state index >= 15 is 0 Å². The molecule has 4 heteroatoms. The maximum absolute atomic E-state index is 5.68. The SMILES string of the molecule is Cc1ccc(Oc2cncc(CN)n2)c(C)c1. The van der Waals surface area contributed by atoms with Crippen LogP contribution in [0.4, 0.5) is 0 Å². The average molecular weight is 229 g/mol. The summed E-state index contributed by atoms with van der Waals surface area (Å²) in [5, 5.41) is 0. The van der Waals surface area contributed by atoms with Crippen LogP contribution < -0.4 is 10.5 Å². The highest BCUT2D eigenvalue weighted by Gasteiger charge is 2.03. The number of nitrogens with two attached hydrogens (primary N) is 1. The molecule has 0 spiro atoms. The van der Waals surface area contributed by atoms with Crippen LogP contribution in [0.3, 0.4) is 0 Å². The predicted octanol–water partition coefficient (Wildman–Crippen LogP) is 2.34. The minimum absolute atomic E-state index is 0.358. The van der Waals surface area contributed by atoms with E-state index in [0.29, 0.717) is 18.1 Å². The molecule has 0 bridgehead atoms. The van der Waals surface area contributed by atoms with Crippen LogP contribution in [0.25, 0.3) is 0 Å². The molecule has 17 heavy (non-hydrogen) atoms. The van der Waals surface area contributed by atoms with Crippen LogP contribution in [-0.2, 0) is 6.54 Å². The van der Waals surface area contributed by atoms with Gasteiger partial charge in [0, 0.05) is 12.7 Å². The lowest BCUT2D eigenvalue weighted by Gasteiger charge is -2.08. The van der Waals surface area contributed by atoms with Gasteiger partial charge in [-0.3, -0.25) is 4.98 Å². The van der Waals surface area contributed by atoms with Crippen LogP contribution in [0.15, 0.2) is 30.6 Å². The Kier molecular flexibility index (Phi) is 3.35. The van der Waals surface area contributed by atoms with E-state index in [1.54, 1.807) is 12.4 Å². The summed E-state index contributed by atoms with van der Waals surface area (Å²) in [6.07, 6.45) is 3.22. The fourth-order valence-corrected chi connectivity index (χ4v) is 1.56. The molecule has 1 heterocycles. The molecule has 0 aliphatic heterocycles. The van der Waals surface area contributed by atoms with E-state index in [9.17, 15) is 0 Å². The number of rotatable bonds is 3. The summed E-state index contributed by atoms with van der Waals surface area (Å²) in [6, 6.07) is 6.00. The molecular weight excluding hydrogens is 214 g/mol. The lowest BCUT2D eigenvalue weighted by Crippen LogP contribution is -2.01. The number of ether oxygens (including phenoxy) is 1. The number of aryl methyl sites for hydroxylation is 2. The molecule has 0 saturated heterocycles. The van der Waals surface area contributed by atoms with Crippen LogP contribution >= 0.6 is 0 Å². The van der Waals surface area contributed by atoms with Crippen LogP contribution in [0.5, 0.6) is 11.6 Å². The maximum Gasteiger partial charge on any atom is 0.238 e. The van der Waals surface area contributed by atoms with Gasteiger partial charge in [-0.2, -0.15) is 0 Å². The largest absolute Gasteiger partial charge is 0.437 e. The van der Waals surface area contributed by atoms with E-state index in [1.165, 1.54) is 5.56 Å². The molecule has 2 N–H and O–H groups in total. The third-order valence-electron chi connectivity index (χ3n) is 2.42. The van der Waals surface area contributed by atoms with Crippen LogP contribution in [0.1, 0.15) is 16.8 Å². The van der Waals surface area contributed by atoms with E-state index in [0.717, 1.165) is 11.3 Å². The van der Waals surface area contributed by atoms with Gasteiger partial charge >= 0.3 is 0 Å². The molecule has 1 aromatic carbocycles. The normalized spacial score (nSPS) is 10.3. The Morgan fingerprint density at radius 1 is 1.24 bits per heavy atom. The summed E-state index contributed by atoms with van der Waals surface area (Å²) < 4.78 is 5.68. The number of hydrogen-bond acceptors (Lipinski definition) is 4. The standard InChI is InChI=1S/C13H15N3O/c1-9-3-4-12(10(2)5-9)17-13-8-15-7-11(6-14)16-13/h3-5,7-8H,6,14H2,1-2H3. The van der Waals surface area contributed by atoms with E-state index < -0.39 is 0 Å². The van der Waals surface area contributed by atoms with Crippen molar-refractivity contribution in [2.75, 3.05) is 0 Å². The highest BCUT2D eigenvalue weighted by molar-refractivity contribution is 5.37. The summed E-state index contributed by atoms with van der Waals surface area (Å²) in [6.45, 7) is 4.41. The van der Waals surface area contributed by atoms with Gasteiger partial charge < -0.3 is 10.5 Å². The first kappa shape index (κ1) is 11.5. The maximum atomic E-state index is 5.68. The van der Waals surface area contributed by atoms with Gasteiger partial charge in [-0.15, -0.1) is 0 Å². The lowest BCUT2D eigenvalue weighted by molar-refractivity contribution is 0.454. The highest BCUT2D eigenvalue weighted by Crippen LogP contribution is 2.23. The van der Waals surface area contributed by atoms with Crippen molar-refractivity contribution in [3.8, 4) is 11.6 Å². The van der Waals surface area contributed by atoms with Gasteiger partial charge in [-0.1, -0.05) is 17.7 Å². The van der Waals surface area contributed by atoms with E-state index in [1.807, 2.05) is 26.0 Å². The van der Waals surface area contributed by atoms with Crippen molar-refractivity contribution in [3.05, 3.63) is 47.4 Å². The van der Waals surface area contributed by atoms with Crippen molar-refractivity contribution in [1.82, 2.24) is 9.97 Å². The fourth-order valence-electron chi connectivity index (χ4n) is 1.56. The Morgan fingerprint density at radius 2 is 2.06 bits per heavy atom. The molecule has 0 fully saturated rings. The zero-order valence-electron chi connectivity index (χ0n) is 9.97. The van der Waals surface area contributed by atoms with Crippen LogP contribution in [0.2, 0.25) is 0 Å². The Hall–Kier alpha value is -1.94. The first-order chi connectivity index (χ1) is 8.19. The van der Waals surface area contributed by atoms with Gasteiger partial charge in [-0.05, 0) is 25.5 Å². The van der Waals surface area contributed by atoms with Crippen LogP contribution in [0, 0.1) is 13.8 Å². The smallest absolute Gasteiger partial charge is 0.238 e. The Morgan fingerprint density at radius 3 is 2.76 bits per heavy atom. The molecule has 2 rings (SSSR count). The quantitative estimate of drug-likeness (QED) is 0.877. The Balaban J connectivity index is 2.25. The second-order valence-corrected chi connectivity index (χ2v) is 3.92. The molecule has 0 aliphatic carbocycles. The number of hydrogen-bond donors (Lipinski definition) is 1. The van der Waals surface area contributed by atoms with Crippen molar-refractivity contribution in [1.29, 1.82) is 0 Å². The van der Waals surface area contributed by atoms with Crippen molar-refractivity contribution >= 4 is 0 Å². The molecule has 4 nitrogen and oxygen atoms in total. The van der Waals surface area contributed by atoms with E-state index in [-0.39, 0.29) is 0 Å². The van der Waals surface area contributed by atoms with Gasteiger partial charge in [0.05, 0.1) is 11.9 Å². The van der Waals surface area contributed by atoms with E-state index in [2.05, 4.69) is 16.0 Å². The molecule has 2 aromatic rings. The lowest BCUT2D eigenvalue weighted by atomic mass is 10.1. The fraction of sp³-hybridized carbons (Fsp3) is 0.231. The van der Waals surface area contributed by atoms with Crippen molar-refractivity contribution in [3.63, 3.8) is 0 Å². The second kappa shape index (κ2) is 4.93. The summed E-state index contributed by atoms with van der Waals surface area (Å²) in [5.74, 6) is 1.26. The van der Waals surface area contributed by atoms with Crippen molar-refractivity contribution in [2.24, 2.45) is 5.73 Å². The minimum Gasteiger partial charge on any atom is -0.437 e. The summed E-state index contributed by atoms with van der Waals surface area (Å²) in [7, 11) is 0. The molecule has 1 aromatic heterocycles. The van der Waals surface area contributed by atoms with Crippen molar-refractivity contribution in [2.45, 2.75) is 20.4 Å². The van der Waals surface area contributed by atoms with Crippen LogP contribution in [-0.4, -0.2) is 9.97 Å². The molecular formula is C13H15N3O. The number of nitrogens with zero attached hydrogens (tertiary/aromatic N) is 2. The first-order valence-corrected chi connectivity index (χ1v) is 5.45. The summed E-state index contributed by atoms with van der Waals surface area (Å²) >= 11 is 0. The molecule has 0 aliphatic rings. The second-order valence-electron chi connectivity index (χ2n) is 3.92. The van der Waals surface area contributed by atoms with Gasteiger partial charge in [0.15, 0.2) is 0 Å². The zero-order valence-corrected chi connectivity index (χ0v) is 9.97. The van der Waals surface area contributed by atoms with Gasteiger partial charge in [0.1, 0.15) is 5.75 Å². The number of aromatic nitrogens is 2. The monoisotopic (exact) mass is 229 g/mol. The van der Waals surface area contributed by atoms with Crippen molar-refractivity contribution < 1.29 is 4.74 Å². The molecule has 0 saturated carbocycles. The van der Waals surface area contributed by atoms with Gasteiger partial charge in [0.25, 0.3) is 0 Å². The molecule has 0 atom stereocenters. The molecule has 88 valence electrons. The third-order valence-corrected chi connectivity index (χ3v) is 2.42. The first-order valence-electron chi connectivity index (χ1n) is 5.45. The topological polar surface area (TPSA) is 61.0 Å². The Labute approximate surface area is 100 Å². The summed E-state index contributed by atoms with van der Waals surface area (Å²) in [4.78, 5) is 8.27. The molecule has 0 radical (unpaired) electrons. The van der Waals surface area contributed by atoms with Gasteiger partial charge in [-0.25, -0.2) is 4.98 Å². The zero-order chi connectivity index (χ0) is 12.3. The van der Waals surface area contributed by atoms with Gasteiger partial charge in [0.2, 0.25) is 5.88 Å². The minimum atomic E-state index is 0.358. The Bertz CT molecular complexity index is 526. The summed E-state index contributed by atoms with van der Waals surface area (Å²) in [5.41, 5.74) is 8.50. The highest BCUT2D eigenvalue weighted by atomic mass is 16.5.